The molecule has 24 heavy (non-hydrogen) atoms. The number of hydrogen-bond donors (Lipinski definition) is 0. The molecule has 2 heterocycles. The Morgan fingerprint density at radius 3 is 2.83 bits per heavy atom. The van der Waals surface area contributed by atoms with E-state index in [1.54, 1.807) is 11.3 Å². The summed E-state index contributed by atoms with van der Waals surface area (Å²) >= 11 is 1.63. The summed E-state index contributed by atoms with van der Waals surface area (Å²) < 4.78 is 7.13. The van der Waals surface area contributed by atoms with Crippen LogP contribution in [0.3, 0.4) is 0 Å². The number of ether oxygens (including phenoxy) is 1. The molecule has 0 saturated heterocycles. The second kappa shape index (κ2) is 6.36. The number of aryl methyl sites for hydroxylation is 3. The van der Waals surface area contributed by atoms with E-state index in [1.165, 1.54) is 27.1 Å². The molecule has 0 N–H and O–H groups in total. The summed E-state index contributed by atoms with van der Waals surface area (Å²) in [4.78, 5) is 14.9. The first-order chi connectivity index (χ1) is 11.7. The summed E-state index contributed by atoms with van der Waals surface area (Å²) in [7, 11) is 0. The fourth-order valence-corrected chi connectivity index (χ4v) is 4.33. The van der Waals surface area contributed by atoms with Crippen LogP contribution in [-0.4, -0.2) is 21.6 Å². The van der Waals surface area contributed by atoms with Crippen molar-refractivity contribution in [3.63, 3.8) is 0 Å². The molecule has 4 rings (SSSR count). The van der Waals surface area contributed by atoms with Crippen LogP contribution in [0.25, 0.3) is 10.2 Å². The van der Waals surface area contributed by atoms with E-state index < -0.39 is 0 Å². The maximum Gasteiger partial charge on any atom is 0.278 e. The van der Waals surface area contributed by atoms with E-state index in [9.17, 15) is 4.79 Å². The first-order valence-electron chi connectivity index (χ1n) is 8.30. The summed E-state index contributed by atoms with van der Waals surface area (Å²) in [5.74, 6) is 0.801. The molecule has 0 bridgehead atoms. The van der Waals surface area contributed by atoms with Crippen LogP contribution in [0.5, 0.6) is 5.75 Å². The van der Waals surface area contributed by atoms with E-state index in [2.05, 4.69) is 10.3 Å². The van der Waals surface area contributed by atoms with Gasteiger partial charge in [-0.25, -0.2) is 4.68 Å². The van der Waals surface area contributed by atoms with Crippen molar-refractivity contribution in [3.05, 3.63) is 50.6 Å². The molecular weight excluding hydrogens is 322 g/mol. The van der Waals surface area contributed by atoms with Crippen molar-refractivity contribution < 1.29 is 4.74 Å². The number of hydrogen-bond acceptors (Lipinski definition) is 5. The standard InChI is InChI=1S/C18H19N3O2S/c1-12-6-8-13(9-7-12)23-11-10-21-18(22)16-14-4-2-3-5-15(14)24-17(16)19-20-21/h6-9H,2-5,10-11H2,1H3. The molecule has 0 radical (unpaired) electrons. The van der Waals surface area contributed by atoms with E-state index in [1.807, 2.05) is 31.2 Å². The Bertz CT molecular complexity index is 928. The number of benzene rings is 1. The van der Waals surface area contributed by atoms with Crippen molar-refractivity contribution in [1.29, 1.82) is 0 Å². The Kier molecular flexibility index (Phi) is 4.06. The average Bonchev–Trinajstić information content (AvgIpc) is 2.98. The van der Waals surface area contributed by atoms with Crippen LogP contribution in [0.15, 0.2) is 29.1 Å². The molecular formula is C18H19N3O2S. The number of rotatable bonds is 4. The van der Waals surface area contributed by atoms with Gasteiger partial charge in [-0.3, -0.25) is 4.79 Å². The van der Waals surface area contributed by atoms with Crippen LogP contribution in [0.1, 0.15) is 28.8 Å². The van der Waals surface area contributed by atoms with Crippen LogP contribution in [0.2, 0.25) is 0 Å². The van der Waals surface area contributed by atoms with Gasteiger partial charge in [0, 0.05) is 4.88 Å². The van der Waals surface area contributed by atoms with Crippen molar-refractivity contribution in [1.82, 2.24) is 15.0 Å². The Morgan fingerprint density at radius 2 is 2.00 bits per heavy atom. The maximum absolute atomic E-state index is 12.8. The minimum atomic E-state index is -0.0353. The van der Waals surface area contributed by atoms with E-state index in [-0.39, 0.29) is 5.56 Å². The van der Waals surface area contributed by atoms with Gasteiger partial charge >= 0.3 is 0 Å². The first kappa shape index (κ1) is 15.3. The zero-order valence-electron chi connectivity index (χ0n) is 13.6. The zero-order chi connectivity index (χ0) is 16.5. The molecule has 0 atom stereocenters. The second-order valence-corrected chi connectivity index (χ2v) is 7.25. The van der Waals surface area contributed by atoms with E-state index in [0.717, 1.165) is 35.2 Å². The monoisotopic (exact) mass is 341 g/mol. The van der Waals surface area contributed by atoms with Crippen LogP contribution >= 0.6 is 11.3 Å². The highest BCUT2D eigenvalue weighted by Gasteiger charge is 2.20. The topological polar surface area (TPSA) is 57.0 Å². The predicted octanol–water partition coefficient (Wildman–Crippen LogP) is 3.12. The molecule has 6 heteroatoms. The van der Waals surface area contributed by atoms with Crippen molar-refractivity contribution in [3.8, 4) is 5.75 Å². The number of aromatic nitrogens is 3. The SMILES string of the molecule is Cc1ccc(OCCn2nnc3sc4c(c3c2=O)CCCC4)cc1. The number of fused-ring (bicyclic) bond motifs is 3. The highest BCUT2D eigenvalue weighted by molar-refractivity contribution is 7.18. The van der Waals surface area contributed by atoms with Crippen LogP contribution < -0.4 is 10.3 Å². The smallest absolute Gasteiger partial charge is 0.278 e. The summed E-state index contributed by atoms with van der Waals surface area (Å²) in [6.45, 7) is 2.84. The second-order valence-electron chi connectivity index (χ2n) is 6.17. The molecule has 0 aliphatic heterocycles. The molecule has 1 aliphatic rings. The summed E-state index contributed by atoms with van der Waals surface area (Å²) in [6.07, 6.45) is 4.39. The molecule has 0 amide bonds. The number of nitrogens with zero attached hydrogens (tertiary/aromatic N) is 3. The van der Waals surface area contributed by atoms with Gasteiger partial charge in [0.05, 0.1) is 11.9 Å². The third-order valence-corrected chi connectivity index (χ3v) is 5.61. The lowest BCUT2D eigenvalue weighted by atomic mass is 9.97. The Morgan fingerprint density at radius 1 is 1.21 bits per heavy atom. The van der Waals surface area contributed by atoms with Gasteiger partial charge in [0.2, 0.25) is 0 Å². The van der Waals surface area contributed by atoms with Gasteiger partial charge in [-0.15, -0.1) is 16.4 Å². The fraction of sp³-hybridized carbons (Fsp3) is 0.389. The Hall–Kier alpha value is -2.21. The zero-order valence-corrected chi connectivity index (χ0v) is 14.4. The van der Waals surface area contributed by atoms with Gasteiger partial charge in [-0.2, -0.15) is 0 Å². The molecule has 0 fully saturated rings. The number of thiophene rings is 1. The van der Waals surface area contributed by atoms with Crippen molar-refractivity contribution >= 4 is 21.6 Å². The van der Waals surface area contributed by atoms with Gasteiger partial charge in [-0.1, -0.05) is 22.9 Å². The molecule has 0 unspecified atom stereocenters. The fourth-order valence-electron chi connectivity index (χ4n) is 3.14. The minimum Gasteiger partial charge on any atom is -0.492 e. The third-order valence-electron chi connectivity index (χ3n) is 4.44. The minimum absolute atomic E-state index is 0.0353. The highest BCUT2D eigenvalue weighted by atomic mass is 32.1. The van der Waals surface area contributed by atoms with E-state index >= 15 is 0 Å². The van der Waals surface area contributed by atoms with Gasteiger partial charge in [0.25, 0.3) is 5.56 Å². The summed E-state index contributed by atoms with van der Waals surface area (Å²) in [5, 5.41) is 9.12. The summed E-state index contributed by atoms with van der Waals surface area (Å²) in [6, 6.07) is 7.88. The molecule has 1 aliphatic carbocycles. The normalized spacial score (nSPS) is 13.9. The molecule has 1 aromatic carbocycles. The van der Waals surface area contributed by atoms with Gasteiger partial charge in [-0.05, 0) is 50.3 Å². The molecule has 0 spiro atoms. The van der Waals surface area contributed by atoms with E-state index in [0.29, 0.717) is 13.2 Å². The van der Waals surface area contributed by atoms with Gasteiger partial charge in [0.1, 0.15) is 12.4 Å². The Labute approximate surface area is 143 Å². The molecule has 3 aromatic rings. The van der Waals surface area contributed by atoms with Crippen LogP contribution in [-0.2, 0) is 19.4 Å². The molecule has 5 nitrogen and oxygen atoms in total. The quantitative estimate of drug-likeness (QED) is 0.732. The van der Waals surface area contributed by atoms with Gasteiger partial charge in [0.15, 0.2) is 4.83 Å². The average molecular weight is 341 g/mol. The first-order valence-corrected chi connectivity index (χ1v) is 9.11. The molecule has 0 saturated carbocycles. The van der Waals surface area contributed by atoms with Crippen molar-refractivity contribution in [2.24, 2.45) is 0 Å². The van der Waals surface area contributed by atoms with Crippen LogP contribution in [0.4, 0.5) is 0 Å². The lowest BCUT2D eigenvalue weighted by Gasteiger charge is -2.10. The maximum atomic E-state index is 12.8. The third kappa shape index (κ3) is 2.82. The molecule has 124 valence electrons. The van der Waals surface area contributed by atoms with Gasteiger partial charge < -0.3 is 4.74 Å². The molecule has 2 aromatic heterocycles. The lowest BCUT2D eigenvalue weighted by molar-refractivity contribution is 0.285. The van der Waals surface area contributed by atoms with Crippen molar-refractivity contribution in [2.75, 3.05) is 6.61 Å². The van der Waals surface area contributed by atoms with Crippen LogP contribution in [0, 0.1) is 6.92 Å². The predicted molar refractivity (Wildman–Crippen MR) is 95.0 cm³/mol. The highest BCUT2D eigenvalue weighted by Crippen LogP contribution is 2.33. The van der Waals surface area contributed by atoms with Crippen molar-refractivity contribution in [2.45, 2.75) is 39.2 Å². The lowest BCUT2D eigenvalue weighted by Crippen LogP contribution is -2.27. The summed E-state index contributed by atoms with van der Waals surface area (Å²) in [5.41, 5.74) is 2.36. The van der Waals surface area contributed by atoms with E-state index in [4.69, 9.17) is 4.74 Å². The largest absolute Gasteiger partial charge is 0.492 e. The Balaban J connectivity index is 1.55.